The standard InChI is InChI=1S/C10H17N/c1-4-10(7-11-5-1)6-9(10)8-2-3-8/h8-9,11H,1-7H2. The number of nitrogens with one attached hydrogen (secondary N) is 1. The zero-order chi connectivity index (χ0) is 7.31. The van der Waals surface area contributed by atoms with Crippen LogP contribution in [0.25, 0.3) is 0 Å². The van der Waals surface area contributed by atoms with E-state index in [1.807, 2.05) is 0 Å². The first-order valence-electron chi connectivity index (χ1n) is 5.11. The van der Waals surface area contributed by atoms with Crippen LogP contribution in [0.4, 0.5) is 0 Å². The Morgan fingerprint density at radius 1 is 1.27 bits per heavy atom. The third-order valence-corrected chi connectivity index (χ3v) is 3.95. The van der Waals surface area contributed by atoms with Crippen molar-refractivity contribution in [2.75, 3.05) is 13.1 Å². The molecular formula is C10H17N. The lowest BCUT2D eigenvalue weighted by atomic mass is 9.92. The molecule has 0 aromatic rings. The molecule has 1 spiro atoms. The van der Waals surface area contributed by atoms with Crippen molar-refractivity contribution < 1.29 is 0 Å². The minimum atomic E-state index is 0.819. The molecule has 1 N–H and O–H groups in total. The van der Waals surface area contributed by atoms with E-state index in [-0.39, 0.29) is 0 Å². The van der Waals surface area contributed by atoms with Gasteiger partial charge in [-0.3, -0.25) is 0 Å². The molecule has 0 aromatic heterocycles. The van der Waals surface area contributed by atoms with Crippen molar-refractivity contribution in [1.29, 1.82) is 0 Å². The number of rotatable bonds is 1. The molecule has 1 heteroatoms. The smallest absolute Gasteiger partial charge is 0.00107 e. The summed E-state index contributed by atoms with van der Waals surface area (Å²) >= 11 is 0. The summed E-state index contributed by atoms with van der Waals surface area (Å²) in [7, 11) is 0. The maximum absolute atomic E-state index is 3.55. The summed E-state index contributed by atoms with van der Waals surface area (Å²) < 4.78 is 0. The predicted molar refractivity (Wildman–Crippen MR) is 45.4 cm³/mol. The molecule has 2 aliphatic carbocycles. The van der Waals surface area contributed by atoms with Gasteiger partial charge in [0.25, 0.3) is 0 Å². The number of hydrogen-bond donors (Lipinski definition) is 1. The normalized spacial score (nSPS) is 49.6. The van der Waals surface area contributed by atoms with E-state index >= 15 is 0 Å². The van der Waals surface area contributed by atoms with Crippen LogP contribution in [0.3, 0.4) is 0 Å². The van der Waals surface area contributed by atoms with Gasteiger partial charge in [-0.2, -0.15) is 0 Å². The maximum atomic E-state index is 3.55. The number of hydrogen-bond acceptors (Lipinski definition) is 1. The third-order valence-electron chi connectivity index (χ3n) is 3.95. The molecule has 2 unspecified atom stereocenters. The second-order valence-electron chi connectivity index (χ2n) is 4.79. The summed E-state index contributed by atoms with van der Waals surface area (Å²) in [6.45, 7) is 2.62. The van der Waals surface area contributed by atoms with Crippen LogP contribution in [-0.4, -0.2) is 13.1 Å². The van der Waals surface area contributed by atoms with Gasteiger partial charge in [-0.05, 0) is 55.9 Å². The molecule has 3 aliphatic rings. The van der Waals surface area contributed by atoms with Gasteiger partial charge >= 0.3 is 0 Å². The molecule has 1 saturated heterocycles. The second kappa shape index (κ2) is 2.01. The van der Waals surface area contributed by atoms with Crippen molar-refractivity contribution in [2.24, 2.45) is 17.3 Å². The molecule has 0 bridgehead atoms. The quantitative estimate of drug-likeness (QED) is 0.602. The van der Waals surface area contributed by atoms with E-state index in [4.69, 9.17) is 0 Å². The van der Waals surface area contributed by atoms with Crippen molar-refractivity contribution in [2.45, 2.75) is 32.1 Å². The molecule has 3 rings (SSSR count). The van der Waals surface area contributed by atoms with Crippen LogP contribution in [-0.2, 0) is 0 Å². The Balaban J connectivity index is 1.67. The first-order valence-corrected chi connectivity index (χ1v) is 5.11. The van der Waals surface area contributed by atoms with Crippen molar-refractivity contribution in [3.05, 3.63) is 0 Å². The molecule has 1 heterocycles. The minimum Gasteiger partial charge on any atom is -0.316 e. The van der Waals surface area contributed by atoms with Crippen LogP contribution in [0.15, 0.2) is 0 Å². The van der Waals surface area contributed by atoms with E-state index in [1.54, 1.807) is 19.3 Å². The zero-order valence-corrected chi connectivity index (χ0v) is 7.10. The van der Waals surface area contributed by atoms with E-state index < -0.39 is 0 Å². The van der Waals surface area contributed by atoms with Crippen LogP contribution in [0, 0.1) is 17.3 Å². The number of piperidine rings is 1. The van der Waals surface area contributed by atoms with Crippen molar-refractivity contribution >= 4 is 0 Å². The van der Waals surface area contributed by atoms with Crippen LogP contribution < -0.4 is 5.32 Å². The van der Waals surface area contributed by atoms with Crippen molar-refractivity contribution in [1.82, 2.24) is 5.32 Å². The first kappa shape index (κ1) is 6.47. The van der Waals surface area contributed by atoms with Crippen LogP contribution in [0.1, 0.15) is 32.1 Å². The Labute approximate surface area is 68.6 Å². The lowest BCUT2D eigenvalue weighted by molar-refractivity contribution is 0.317. The van der Waals surface area contributed by atoms with Crippen LogP contribution in [0.2, 0.25) is 0 Å². The van der Waals surface area contributed by atoms with Gasteiger partial charge < -0.3 is 5.32 Å². The molecule has 2 saturated carbocycles. The maximum Gasteiger partial charge on any atom is 0.00107 e. The van der Waals surface area contributed by atoms with Crippen molar-refractivity contribution in [3.8, 4) is 0 Å². The highest BCUT2D eigenvalue weighted by Gasteiger charge is 2.59. The average Bonchev–Trinajstić information content (AvgIpc) is 2.86. The molecule has 1 aliphatic heterocycles. The minimum absolute atomic E-state index is 0.819. The predicted octanol–water partition coefficient (Wildman–Crippen LogP) is 1.79. The Morgan fingerprint density at radius 2 is 2.18 bits per heavy atom. The molecule has 11 heavy (non-hydrogen) atoms. The molecule has 2 atom stereocenters. The SMILES string of the molecule is C1CNCC2(C1)CC2C1CC1. The zero-order valence-electron chi connectivity index (χ0n) is 7.10. The lowest BCUT2D eigenvalue weighted by Gasteiger charge is -2.23. The van der Waals surface area contributed by atoms with Gasteiger partial charge in [0.15, 0.2) is 0 Å². The third kappa shape index (κ3) is 0.936. The fourth-order valence-corrected chi connectivity index (χ4v) is 3.03. The fourth-order valence-electron chi connectivity index (χ4n) is 3.03. The van der Waals surface area contributed by atoms with E-state index in [9.17, 15) is 0 Å². The highest BCUT2D eigenvalue weighted by atomic mass is 14.9. The van der Waals surface area contributed by atoms with Crippen LogP contribution >= 0.6 is 0 Å². The van der Waals surface area contributed by atoms with Gasteiger partial charge in [0.2, 0.25) is 0 Å². The summed E-state index contributed by atoms with van der Waals surface area (Å²) in [5, 5.41) is 3.55. The molecular weight excluding hydrogens is 134 g/mol. The van der Waals surface area contributed by atoms with Gasteiger partial charge in [-0.1, -0.05) is 0 Å². The van der Waals surface area contributed by atoms with E-state index in [0.29, 0.717) is 0 Å². The topological polar surface area (TPSA) is 12.0 Å². The van der Waals surface area contributed by atoms with E-state index in [0.717, 1.165) is 17.3 Å². The van der Waals surface area contributed by atoms with Gasteiger partial charge in [-0.25, -0.2) is 0 Å². The average molecular weight is 151 g/mol. The monoisotopic (exact) mass is 151 g/mol. The highest BCUT2D eigenvalue weighted by Crippen LogP contribution is 2.65. The molecule has 1 nitrogen and oxygen atoms in total. The molecule has 62 valence electrons. The van der Waals surface area contributed by atoms with Crippen LogP contribution in [0.5, 0.6) is 0 Å². The molecule has 0 aromatic carbocycles. The summed E-state index contributed by atoms with van der Waals surface area (Å²) in [4.78, 5) is 0. The Kier molecular flexibility index (Phi) is 1.18. The lowest BCUT2D eigenvalue weighted by Crippen LogP contribution is -2.32. The largest absolute Gasteiger partial charge is 0.316 e. The molecule has 3 fully saturated rings. The van der Waals surface area contributed by atoms with Gasteiger partial charge in [-0.15, -0.1) is 0 Å². The highest BCUT2D eigenvalue weighted by molar-refractivity contribution is 5.10. The van der Waals surface area contributed by atoms with Gasteiger partial charge in [0, 0.05) is 6.54 Å². The van der Waals surface area contributed by atoms with Gasteiger partial charge in [0.05, 0.1) is 0 Å². The Bertz CT molecular complexity index is 166. The van der Waals surface area contributed by atoms with E-state index in [1.165, 1.54) is 25.9 Å². The summed E-state index contributed by atoms with van der Waals surface area (Å²) in [5.41, 5.74) is 0.819. The summed E-state index contributed by atoms with van der Waals surface area (Å²) in [5.74, 6) is 2.31. The molecule has 0 radical (unpaired) electrons. The molecule has 0 amide bonds. The summed E-state index contributed by atoms with van der Waals surface area (Å²) in [6.07, 6.45) is 7.62. The van der Waals surface area contributed by atoms with E-state index in [2.05, 4.69) is 5.32 Å². The summed E-state index contributed by atoms with van der Waals surface area (Å²) in [6, 6.07) is 0. The Hall–Kier alpha value is -0.0400. The van der Waals surface area contributed by atoms with Crippen molar-refractivity contribution in [3.63, 3.8) is 0 Å². The second-order valence-corrected chi connectivity index (χ2v) is 4.79. The van der Waals surface area contributed by atoms with Gasteiger partial charge in [0.1, 0.15) is 0 Å². The Morgan fingerprint density at radius 3 is 2.82 bits per heavy atom. The fraction of sp³-hybridized carbons (Fsp3) is 1.00. The first-order chi connectivity index (χ1) is 5.41.